The Balaban J connectivity index is 1.84. The predicted molar refractivity (Wildman–Crippen MR) is 85.3 cm³/mol. The molecule has 0 radical (unpaired) electrons. The molecule has 1 heterocycles. The maximum atomic E-state index is 11.9. The zero-order valence-electron chi connectivity index (χ0n) is 12.8. The molecule has 2 amide bonds. The molecule has 1 aromatic heterocycles. The highest BCUT2D eigenvalue weighted by atomic mass is 16.3. The van der Waals surface area contributed by atoms with Crippen molar-refractivity contribution in [3.05, 3.63) is 65.5 Å². The Morgan fingerprint density at radius 2 is 1.91 bits per heavy atom. The van der Waals surface area contributed by atoms with Crippen LogP contribution in [0.2, 0.25) is 0 Å². The number of aliphatic hydroxyl groups excluding tert-OH is 1. The van der Waals surface area contributed by atoms with E-state index < -0.39 is 6.10 Å². The number of aromatic nitrogens is 1. The lowest BCUT2D eigenvalue weighted by atomic mass is 10.0. The Morgan fingerprint density at radius 1 is 1.23 bits per heavy atom. The van der Waals surface area contributed by atoms with Gasteiger partial charge < -0.3 is 15.7 Å². The number of pyridine rings is 1. The largest absolute Gasteiger partial charge is 0.387 e. The lowest BCUT2D eigenvalue weighted by Gasteiger charge is -2.17. The summed E-state index contributed by atoms with van der Waals surface area (Å²) in [4.78, 5) is 15.8. The minimum atomic E-state index is -0.719. The number of amides is 2. The molecular formula is C17H21N3O2. The molecule has 22 heavy (non-hydrogen) atoms. The first-order valence-corrected chi connectivity index (χ1v) is 7.26. The Kier molecular flexibility index (Phi) is 5.49. The molecule has 2 aromatic rings. The molecule has 0 spiro atoms. The number of aliphatic hydroxyl groups is 1. The molecule has 0 aliphatic carbocycles. The fraction of sp³-hybridized carbons (Fsp3) is 0.294. The summed E-state index contributed by atoms with van der Waals surface area (Å²) in [5, 5.41) is 15.7. The topological polar surface area (TPSA) is 74.2 Å². The summed E-state index contributed by atoms with van der Waals surface area (Å²) < 4.78 is 0. The molecule has 5 nitrogen and oxygen atoms in total. The third-order valence-electron chi connectivity index (χ3n) is 3.56. The van der Waals surface area contributed by atoms with E-state index >= 15 is 0 Å². The van der Waals surface area contributed by atoms with Crippen molar-refractivity contribution >= 4 is 6.03 Å². The number of carbonyl (C=O) groups excluding carboxylic acids is 1. The summed E-state index contributed by atoms with van der Waals surface area (Å²) in [5.74, 6) is 0. The second kappa shape index (κ2) is 7.56. The number of nitrogens with one attached hydrogen (secondary N) is 2. The first-order valence-electron chi connectivity index (χ1n) is 7.26. The monoisotopic (exact) mass is 299 g/mol. The van der Waals surface area contributed by atoms with Crippen LogP contribution in [0, 0.1) is 6.92 Å². The van der Waals surface area contributed by atoms with Crippen molar-refractivity contribution in [3.63, 3.8) is 0 Å². The minimum absolute atomic E-state index is 0.126. The van der Waals surface area contributed by atoms with Crippen LogP contribution in [0.25, 0.3) is 0 Å². The highest BCUT2D eigenvalue weighted by Gasteiger charge is 2.13. The average molecular weight is 299 g/mol. The van der Waals surface area contributed by atoms with Gasteiger partial charge in [0, 0.05) is 18.9 Å². The predicted octanol–water partition coefficient (Wildman–Crippen LogP) is 2.48. The molecule has 1 aromatic carbocycles. The Morgan fingerprint density at radius 3 is 2.59 bits per heavy atom. The average Bonchev–Trinajstić information content (AvgIpc) is 2.54. The van der Waals surface area contributed by atoms with Gasteiger partial charge in [0.1, 0.15) is 0 Å². The number of carbonyl (C=O) groups is 1. The van der Waals surface area contributed by atoms with Crippen LogP contribution in [-0.4, -0.2) is 22.7 Å². The van der Waals surface area contributed by atoms with Crippen LogP contribution in [-0.2, 0) is 0 Å². The maximum absolute atomic E-state index is 11.9. The van der Waals surface area contributed by atoms with E-state index in [1.54, 1.807) is 12.4 Å². The van der Waals surface area contributed by atoms with Crippen LogP contribution in [0.4, 0.5) is 4.79 Å². The van der Waals surface area contributed by atoms with Gasteiger partial charge in [0.05, 0.1) is 12.1 Å². The highest BCUT2D eigenvalue weighted by molar-refractivity contribution is 5.74. The van der Waals surface area contributed by atoms with Crippen molar-refractivity contribution in [3.8, 4) is 0 Å². The summed E-state index contributed by atoms with van der Waals surface area (Å²) in [6, 6.07) is 10.9. The van der Waals surface area contributed by atoms with Gasteiger partial charge >= 0.3 is 6.03 Å². The number of nitrogens with zero attached hydrogens (tertiary/aromatic N) is 1. The molecule has 2 unspecified atom stereocenters. The molecule has 5 heteroatoms. The third kappa shape index (κ3) is 4.30. The van der Waals surface area contributed by atoms with Crippen LogP contribution in [0.3, 0.4) is 0 Å². The van der Waals surface area contributed by atoms with E-state index in [2.05, 4.69) is 15.6 Å². The number of hydrogen-bond donors (Lipinski definition) is 3. The molecule has 3 N–H and O–H groups in total. The standard InChI is InChI=1S/C17H21N3O2/c1-12-5-3-4-6-15(12)16(21)11-19-17(22)20-13(2)14-7-9-18-10-8-14/h3-10,13,16,21H,11H2,1-2H3,(H2,19,20,22). The van der Waals surface area contributed by atoms with Gasteiger partial charge in [0.15, 0.2) is 0 Å². The lowest BCUT2D eigenvalue weighted by molar-refractivity contribution is 0.172. The van der Waals surface area contributed by atoms with Gasteiger partial charge in [0.2, 0.25) is 0 Å². The third-order valence-corrected chi connectivity index (χ3v) is 3.56. The zero-order chi connectivity index (χ0) is 15.9. The first-order chi connectivity index (χ1) is 10.6. The summed E-state index contributed by atoms with van der Waals surface area (Å²) in [7, 11) is 0. The van der Waals surface area contributed by atoms with Crippen LogP contribution in [0.1, 0.15) is 35.8 Å². The molecule has 116 valence electrons. The molecule has 0 aliphatic rings. The number of hydrogen-bond acceptors (Lipinski definition) is 3. The molecule has 2 atom stereocenters. The van der Waals surface area contributed by atoms with Crippen LogP contribution >= 0.6 is 0 Å². The molecule has 2 rings (SSSR count). The van der Waals surface area contributed by atoms with E-state index in [4.69, 9.17) is 0 Å². The smallest absolute Gasteiger partial charge is 0.315 e. The van der Waals surface area contributed by atoms with Gasteiger partial charge in [0.25, 0.3) is 0 Å². The van der Waals surface area contributed by atoms with E-state index in [0.717, 1.165) is 16.7 Å². The Hall–Kier alpha value is -2.40. The van der Waals surface area contributed by atoms with Gasteiger partial charge in [-0.25, -0.2) is 4.79 Å². The normalized spacial score (nSPS) is 13.2. The fourth-order valence-electron chi connectivity index (χ4n) is 2.24. The van der Waals surface area contributed by atoms with Crippen molar-refractivity contribution < 1.29 is 9.90 Å². The van der Waals surface area contributed by atoms with Crippen molar-refractivity contribution in [2.75, 3.05) is 6.54 Å². The summed E-state index contributed by atoms with van der Waals surface area (Å²) >= 11 is 0. The zero-order valence-corrected chi connectivity index (χ0v) is 12.8. The van der Waals surface area contributed by atoms with Gasteiger partial charge in [-0.15, -0.1) is 0 Å². The van der Waals surface area contributed by atoms with Gasteiger partial charge in [-0.05, 0) is 42.7 Å². The van der Waals surface area contributed by atoms with Crippen molar-refractivity contribution in [2.45, 2.75) is 26.0 Å². The second-order valence-electron chi connectivity index (χ2n) is 5.23. The molecule has 0 bridgehead atoms. The van der Waals surface area contributed by atoms with Crippen molar-refractivity contribution in [2.24, 2.45) is 0 Å². The SMILES string of the molecule is Cc1ccccc1C(O)CNC(=O)NC(C)c1ccncc1. The number of urea groups is 1. The molecular weight excluding hydrogens is 278 g/mol. The van der Waals surface area contributed by atoms with Gasteiger partial charge in [-0.3, -0.25) is 4.98 Å². The Labute approximate surface area is 130 Å². The summed E-state index contributed by atoms with van der Waals surface area (Å²) in [6.45, 7) is 4.00. The van der Waals surface area contributed by atoms with E-state index in [-0.39, 0.29) is 18.6 Å². The molecule has 0 fully saturated rings. The summed E-state index contributed by atoms with van der Waals surface area (Å²) in [5.41, 5.74) is 2.80. The fourth-order valence-corrected chi connectivity index (χ4v) is 2.24. The quantitative estimate of drug-likeness (QED) is 0.794. The van der Waals surface area contributed by atoms with Crippen LogP contribution < -0.4 is 10.6 Å². The molecule has 0 aliphatic heterocycles. The number of rotatable bonds is 5. The number of aryl methyl sites for hydroxylation is 1. The van der Waals surface area contributed by atoms with Crippen molar-refractivity contribution in [1.82, 2.24) is 15.6 Å². The van der Waals surface area contributed by atoms with Gasteiger partial charge in [-0.2, -0.15) is 0 Å². The minimum Gasteiger partial charge on any atom is -0.387 e. The van der Waals surface area contributed by atoms with Crippen LogP contribution in [0.5, 0.6) is 0 Å². The van der Waals surface area contributed by atoms with Gasteiger partial charge in [-0.1, -0.05) is 24.3 Å². The maximum Gasteiger partial charge on any atom is 0.315 e. The summed E-state index contributed by atoms with van der Waals surface area (Å²) in [6.07, 6.45) is 2.66. The van der Waals surface area contributed by atoms with E-state index in [0.29, 0.717) is 0 Å². The number of benzene rings is 1. The Bertz CT molecular complexity index is 616. The van der Waals surface area contributed by atoms with E-state index in [1.807, 2.05) is 50.2 Å². The van der Waals surface area contributed by atoms with Crippen LogP contribution in [0.15, 0.2) is 48.8 Å². The van der Waals surface area contributed by atoms with Crippen molar-refractivity contribution in [1.29, 1.82) is 0 Å². The van der Waals surface area contributed by atoms with E-state index in [9.17, 15) is 9.90 Å². The molecule has 0 saturated carbocycles. The molecule has 0 saturated heterocycles. The first kappa shape index (κ1) is 16.0. The lowest BCUT2D eigenvalue weighted by Crippen LogP contribution is -2.39. The highest BCUT2D eigenvalue weighted by Crippen LogP contribution is 2.16. The second-order valence-corrected chi connectivity index (χ2v) is 5.23. The van der Waals surface area contributed by atoms with E-state index in [1.165, 1.54) is 0 Å².